The molecule has 0 aliphatic heterocycles. The minimum Gasteiger partial charge on any atom is -0.494 e. The van der Waals surface area contributed by atoms with Gasteiger partial charge < -0.3 is 4.74 Å². The van der Waals surface area contributed by atoms with E-state index in [0.29, 0.717) is 12.4 Å². The van der Waals surface area contributed by atoms with Gasteiger partial charge in [0.25, 0.3) is 10.0 Å². The standard InChI is InChI=1S/C14H22N2O3S/c1-4-12(5-2)11-15-16-20(17,18)14-9-7-13(8-10-14)19-6-3/h7-12,16H,4-6H2,1-3H3/b15-11+. The number of nitrogens with one attached hydrogen (secondary N) is 1. The molecule has 0 atom stereocenters. The maximum absolute atomic E-state index is 12.0. The van der Waals surface area contributed by atoms with E-state index in [9.17, 15) is 8.42 Å². The second kappa shape index (κ2) is 7.89. The Morgan fingerprint density at radius 3 is 2.30 bits per heavy atom. The molecule has 0 amide bonds. The normalized spacial score (nSPS) is 12.0. The summed E-state index contributed by atoms with van der Waals surface area (Å²) in [5, 5.41) is 3.83. The number of hydrogen-bond donors (Lipinski definition) is 1. The fourth-order valence-electron chi connectivity index (χ4n) is 1.64. The van der Waals surface area contributed by atoms with Crippen LogP contribution < -0.4 is 9.57 Å². The summed E-state index contributed by atoms with van der Waals surface area (Å²) in [4.78, 5) is 2.40. The molecule has 1 N–H and O–H groups in total. The highest BCUT2D eigenvalue weighted by molar-refractivity contribution is 7.89. The van der Waals surface area contributed by atoms with Crippen molar-refractivity contribution >= 4 is 16.2 Å². The minimum atomic E-state index is -3.61. The first-order valence-electron chi connectivity index (χ1n) is 6.81. The number of sulfonamides is 1. The Morgan fingerprint density at radius 1 is 1.20 bits per heavy atom. The van der Waals surface area contributed by atoms with Crippen molar-refractivity contribution < 1.29 is 13.2 Å². The lowest BCUT2D eigenvalue weighted by Crippen LogP contribution is -2.19. The van der Waals surface area contributed by atoms with E-state index in [1.807, 2.05) is 20.8 Å². The van der Waals surface area contributed by atoms with Gasteiger partial charge in [-0.1, -0.05) is 13.8 Å². The molecule has 6 heteroatoms. The number of ether oxygens (including phenoxy) is 1. The first-order chi connectivity index (χ1) is 9.53. The molecule has 1 rings (SSSR count). The van der Waals surface area contributed by atoms with Crippen molar-refractivity contribution in [3.63, 3.8) is 0 Å². The summed E-state index contributed by atoms with van der Waals surface area (Å²) in [7, 11) is -3.61. The highest BCUT2D eigenvalue weighted by atomic mass is 32.2. The quantitative estimate of drug-likeness (QED) is 0.592. The number of rotatable bonds is 8. The zero-order chi connectivity index (χ0) is 15.0. The van der Waals surface area contributed by atoms with E-state index < -0.39 is 10.0 Å². The Kier molecular flexibility index (Phi) is 6.51. The molecule has 0 aromatic heterocycles. The molecule has 0 bridgehead atoms. The largest absolute Gasteiger partial charge is 0.494 e. The van der Waals surface area contributed by atoms with Crippen LogP contribution >= 0.6 is 0 Å². The highest BCUT2D eigenvalue weighted by Gasteiger charge is 2.12. The average molecular weight is 298 g/mol. The van der Waals surface area contributed by atoms with Crippen LogP contribution in [0.5, 0.6) is 5.75 Å². The van der Waals surface area contributed by atoms with Crippen LogP contribution in [0.2, 0.25) is 0 Å². The SMILES string of the molecule is CCOc1ccc(S(=O)(=O)N/N=C/C(CC)CC)cc1. The highest BCUT2D eigenvalue weighted by Crippen LogP contribution is 2.15. The third kappa shape index (κ3) is 4.85. The van der Waals surface area contributed by atoms with Crippen LogP contribution in [-0.2, 0) is 10.0 Å². The zero-order valence-electron chi connectivity index (χ0n) is 12.2. The Labute approximate surface area is 121 Å². The second-order valence-corrected chi connectivity index (χ2v) is 6.01. The van der Waals surface area contributed by atoms with Gasteiger partial charge in [0.2, 0.25) is 0 Å². The van der Waals surface area contributed by atoms with E-state index in [0.717, 1.165) is 12.8 Å². The maximum Gasteiger partial charge on any atom is 0.276 e. The van der Waals surface area contributed by atoms with Crippen molar-refractivity contribution in [1.82, 2.24) is 4.83 Å². The van der Waals surface area contributed by atoms with E-state index in [4.69, 9.17) is 4.74 Å². The lowest BCUT2D eigenvalue weighted by molar-refractivity contribution is 0.340. The Bertz CT molecular complexity index is 520. The minimum absolute atomic E-state index is 0.169. The van der Waals surface area contributed by atoms with Crippen LogP contribution in [0.25, 0.3) is 0 Å². The molecule has 0 radical (unpaired) electrons. The smallest absolute Gasteiger partial charge is 0.276 e. The van der Waals surface area contributed by atoms with Gasteiger partial charge in [-0.05, 0) is 49.9 Å². The molecule has 0 aliphatic rings. The lowest BCUT2D eigenvalue weighted by atomic mass is 10.1. The van der Waals surface area contributed by atoms with Crippen LogP contribution in [-0.4, -0.2) is 21.2 Å². The molecule has 0 heterocycles. The summed E-state index contributed by atoms with van der Waals surface area (Å²) < 4.78 is 29.3. The number of hydrogen-bond acceptors (Lipinski definition) is 4. The van der Waals surface area contributed by atoms with Gasteiger partial charge in [-0.15, -0.1) is 0 Å². The van der Waals surface area contributed by atoms with E-state index in [1.165, 1.54) is 12.1 Å². The molecular formula is C14H22N2O3S. The van der Waals surface area contributed by atoms with E-state index in [-0.39, 0.29) is 10.8 Å². The molecule has 0 saturated heterocycles. The van der Waals surface area contributed by atoms with Crippen molar-refractivity contribution in [2.45, 2.75) is 38.5 Å². The third-order valence-electron chi connectivity index (χ3n) is 2.95. The van der Waals surface area contributed by atoms with Crippen molar-refractivity contribution in [3.8, 4) is 5.75 Å². The molecule has 1 aromatic carbocycles. The number of nitrogens with zero attached hydrogens (tertiary/aromatic N) is 1. The molecule has 112 valence electrons. The average Bonchev–Trinajstić information content (AvgIpc) is 2.44. The van der Waals surface area contributed by atoms with Gasteiger partial charge in [-0.3, -0.25) is 0 Å². The Balaban J connectivity index is 2.73. The molecule has 5 nitrogen and oxygen atoms in total. The van der Waals surface area contributed by atoms with E-state index >= 15 is 0 Å². The molecule has 0 unspecified atom stereocenters. The molecular weight excluding hydrogens is 276 g/mol. The van der Waals surface area contributed by atoms with Crippen molar-refractivity contribution in [3.05, 3.63) is 24.3 Å². The summed E-state index contributed by atoms with van der Waals surface area (Å²) >= 11 is 0. The molecule has 0 spiro atoms. The lowest BCUT2D eigenvalue weighted by Gasteiger charge is -2.07. The first kappa shape index (κ1) is 16.5. The molecule has 0 aliphatic carbocycles. The predicted octanol–water partition coefficient (Wildman–Crippen LogP) is 2.79. The topological polar surface area (TPSA) is 67.8 Å². The number of benzene rings is 1. The van der Waals surface area contributed by atoms with Crippen LogP contribution in [0.3, 0.4) is 0 Å². The van der Waals surface area contributed by atoms with Crippen molar-refractivity contribution in [1.29, 1.82) is 0 Å². The van der Waals surface area contributed by atoms with Gasteiger partial charge in [0.1, 0.15) is 5.75 Å². The van der Waals surface area contributed by atoms with E-state index in [2.05, 4.69) is 9.93 Å². The third-order valence-corrected chi connectivity index (χ3v) is 4.19. The Hall–Kier alpha value is -1.56. The van der Waals surface area contributed by atoms with Crippen molar-refractivity contribution in [2.24, 2.45) is 11.0 Å². The maximum atomic E-state index is 12.0. The van der Waals surface area contributed by atoms with Gasteiger partial charge in [0.05, 0.1) is 11.5 Å². The molecule has 0 fully saturated rings. The Morgan fingerprint density at radius 2 is 1.80 bits per heavy atom. The number of hydrazone groups is 1. The molecule has 1 aromatic rings. The summed E-state index contributed by atoms with van der Waals surface area (Å²) in [6, 6.07) is 6.26. The van der Waals surface area contributed by atoms with Crippen molar-refractivity contribution in [2.75, 3.05) is 6.61 Å². The summed E-state index contributed by atoms with van der Waals surface area (Å²) in [5.74, 6) is 0.935. The summed E-state index contributed by atoms with van der Waals surface area (Å²) in [6.07, 6.45) is 3.52. The van der Waals surface area contributed by atoms with Gasteiger partial charge in [0.15, 0.2) is 0 Å². The molecule has 20 heavy (non-hydrogen) atoms. The fraction of sp³-hybridized carbons (Fsp3) is 0.500. The van der Waals surface area contributed by atoms with Gasteiger partial charge in [0, 0.05) is 6.21 Å². The van der Waals surface area contributed by atoms with Crippen LogP contribution in [0.4, 0.5) is 0 Å². The second-order valence-electron chi connectivity index (χ2n) is 4.35. The summed E-state index contributed by atoms with van der Waals surface area (Å²) in [5.41, 5.74) is 0. The first-order valence-corrected chi connectivity index (χ1v) is 8.29. The van der Waals surface area contributed by atoms with Crippen LogP contribution in [0, 0.1) is 5.92 Å². The predicted molar refractivity (Wildman–Crippen MR) is 80.5 cm³/mol. The van der Waals surface area contributed by atoms with Gasteiger partial charge >= 0.3 is 0 Å². The summed E-state index contributed by atoms with van der Waals surface area (Å²) in [6.45, 7) is 6.51. The van der Waals surface area contributed by atoms with Crippen LogP contribution in [0.1, 0.15) is 33.6 Å². The fourth-order valence-corrected chi connectivity index (χ4v) is 2.44. The van der Waals surface area contributed by atoms with Crippen LogP contribution in [0.15, 0.2) is 34.3 Å². The molecule has 0 saturated carbocycles. The van der Waals surface area contributed by atoms with Gasteiger partial charge in [-0.25, -0.2) is 4.83 Å². The monoisotopic (exact) mass is 298 g/mol. The van der Waals surface area contributed by atoms with Gasteiger partial charge in [-0.2, -0.15) is 13.5 Å². The van der Waals surface area contributed by atoms with E-state index in [1.54, 1.807) is 18.3 Å². The zero-order valence-corrected chi connectivity index (χ0v) is 13.0.